The van der Waals surface area contributed by atoms with E-state index in [9.17, 15) is 4.79 Å². The van der Waals surface area contributed by atoms with Crippen LogP contribution in [0.5, 0.6) is 5.75 Å². The fourth-order valence-corrected chi connectivity index (χ4v) is 1.39. The van der Waals surface area contributed by atoms with Gasteiger partial charge in [-0.25, -0.2) is 0 Å². The molecule has 0 aromatic heterocycles. The Kier molecular flexibility index (Phi) is 3.68. The summed E-state index contributed by atoms with van der Waals surface area (Å²) in [6.07, 6.45) is 0.558. The number of benzene rings is 1. The largest absolute Gasteiger partial charge is 0.508 e. The molecule has 3 N–H and O–H groups in total. The van der Waals surface area contributed by atoms with Gasteiger partial charge in [0.15, 0.2) is 0 Å². The molecule has 0 saturated carbocycles. The minimum Gasteiger partial charge on any atom is -0.508 e. The highest BCUT2D eigenvalue weighted by Gasteiger charge is 2.17. The van der Waals surface area contributed by atoms with Gasteiger partial charge in [0.25, 0.3) is 0 Å². The van der Waals surface area contributed by atoms with E-state index in [1.165, 1.54) is 0 Å². The van der Waals surface area contributed by atoms with Crippen LogP contribution in [0, 0.1) is 0 Å². The molecule has 4 heteroatoms. The van der Waals surface area contributed by atoms with Crippen LogP contribution >= 0.6 is 0 Å². The Morgan fingerprint density at radius 2 is 1.93 bits per heavy atom. The van der Waals surface area contributed by atoms with Crippen LogP contribution in [0.2, 0.25) is 0 Å². The molecular weight excluding hydrogens is 192 g/mol. The second-order valence-electron chi connectivity index (χ2n) is 3.75. The predicted octanol–water partition coefficient (Wildman–Crippen LogP) is 0.350. The molecule has 0 heterocycles. The lowest BCUT2D eigenvalue weighted by atomic mass is 10.0. The molecule has 4 nitrogen and oxygen atoms in total. The third kappa shape index (κ3) is 3.25. The number of nitrogens with zero attached hydrogens (tertiary/aromatic N) is 1. The quantitative estimate of drug-likeness (QED) is 0.750. The fourth-order valence-electron chi connectivity index (χ4n) is 1.39. The molecule has 0 aliphatic heterocycles. The Labute approximate surface area is 89.3 Å². The molecular formula is C11H16N2O2. The first-order chi connectivity index (χ1) is 7.00. The minimum atomic E-state index is -0.340. The highest BCUT2D eigenvalue weighted by atomic mass is 16.3. The van der Waals surface area contributed by atoms with Crippen molar-refractivity contribution in [3.8, 4) is 5.75 Å². The van der Waals surface area contributed by atoms with E-state index >= 15 is 0 Å². The van der Waals surface area contributed by atoms with Crippen molar-refractivity contribution in [3.05, 3.63) is 29.8 Å². The Hall–Kier alpha value is -1.55. The average Bonchev–Trinajstić information content (AvgIpc) is 2.15. The normalized spacial score (nSPS) is 12.7. The van der Waals surface area contributed by atoms with E-state index in [1.807, 2.05) is 14.1 Å². The molecule has 0 bridgehead atoms. The summed E-state index contributed by atoms with van der Waals surface area (Å²) < 4.78 is 0. The van der Waals surface area contributed by atoms with Gasteiger partial charge in [0.05, 0.1) is 6.04 Å². The van der Waals surface area contributed by atoms with Crippen molar-refractivity contribution >= 4 is 5.91 Å². The average molecular weight is 208 g/mol. The number of carbonyl (C=O) groups is 1. The number of nitrogens with two attached hydrogens (primary N) is 1. The second kappa shape index (κ2) is 4.79. The van der Waals surface area contributed by atoms with Gasteiger partial charge in [-0.3, -0.25) is 9.69 Å². The number of hydrogen-bond donors (Lipinski definition) is 2. The maximum absolute atomic E-state index is 11.1. The van der Waals surface area contributed by atoms with Crippen LogP contribution < -0.4 is 5.73 Å². The minimum absolute atomic E-state index is 0.222. The molecule has 0 saturated heterocycles. The molecule has 1 amide bonds. The van der Waals surface area contributed by atoms with E-state index in [0.717, 1.165) is 5.56 Å². The molecule has 0 unspecified atom stereocenters. The van der Waals surface area contributed by atoms with E-state index in [1.54, 1.807) is 29.2 Å². The zero-order valence-electron chi connectivity index (χ0n) is 8.97. The molecule has 1 aromatic rings. The lowest BCUT2D eigenvalue weighted by molar-refractivity contribution is -0.122. The highest BCUT2D eigenvalue weighted by molar-refractivity contribution is 5.80. The van der Waals surface area contributed by atoms with Crippen LogP contribution in [0.1, 0.15) is 5.56 Å². The summed E-state index contributed by atoms with van der Waals surface area (Å²) in [5.74, 6) is -0.118. The molecule has 15 heavy (non-hydrogen) atoms. The summed E-state index contributed by atoms with van der Waals surface area (Å²) in [6, 6.07) is 6.46. The van der Waals surface area contributed by atoms with Crippen molar-refractivity contribution in [2.75, 3.05) is 14.1 Å². The maximum atomic E-state index is 11.1. The first-order valence-corrected chi connectivity index (χ1v) is 4.74. The van der Waals surface area contributed by atoms with E-state index in [-0.39, 0.29) is 17.7 Å². The summed E-state index contributed by atoms with van der Waals surface area (Å²) >= 11 is 0. The number of likely N-dealkylation sites (N-methyl/N-ethyl adjacent to an activating group) is 1. The summed E-state index contributed by atoms with van der Waals surface area (Å²) in [5.41, 5.74) is 6.26. The number of carbonyl (C=O) groups excluding carboxylic acids is 1. The van der Waals surface area contributed by atoms with Crippen LogP contribution in [0.3, 0.4) is 0 Å². The number of hydrogen-bond acceptors (Lipinski definition) is 3. The summed E-state index contributed by atoms with van der Waals surface area (Å²) in [7, 11) is 3.63. The van der Waals surface area contributed by atoms with E-state index in [0.29, 0.717) is 6.42 Å². The maximum Gasteiger partial charge on any atom is 0.235 e. The third-order valence-electron chi connectivity index (χ3n) is 2.32. The van der Waals surface area contributed by atoms with Crippen molar-refractivity contribution in [1.82, 2.24) is 4.90 Å². The van der Waals surface area contributed by atoms with Gasteiger partial charge >= 0.3 is 0 Å². The standard InChI is InChI=1S/C11H16N2O2/c1-13(2)10(11(12)15)7-8-3-5-9(14)6-4-8/h3-6,10,14H,7H2,1-2H3,(H2,12,15)/t10-/m0/s1. The third-order valence-corrected chi connectivity index (χ3v) is 2.32. The molecule has 0 aliphatic carbocycles. The highest BCUT2D eigenvalue weighted by Crippen LogP contribution is 2.12. The second-order valence-corrected chi connectivity index (χ2v) is 3.75. The van der Waals surface area contributed by atoms with Crippen LogP contribution in [0.25, 0.3) is 0 Å². The zero-order chi connectivity index (χ0) is 11.4. The van der Waals surface area contributed by atoms with Crippen LogP contribution in [-0.2, 0) is 11.2 Å². The van der Waals surface area contributed by atoms with Crippen molar-refractivity contribution < 1.29 is 9.90 Å². The Bertz CT molecular complexity index is 333. The van der Waals surface area contributed by atoms with Crippen LogP contribution in [0.4, 0.5) is 0 Å². The summed E-state index contributed by atoms with van der Waals surface area (Å²) in [4.78, 5) is 12.9. The van der Waals surface area contributed by atoms with Crippen molar-refractivity contribution in [2.24, 2.45) is 5.73 Å². The van der Waals surface area contributed by atoms with Gasteiger partial charge < -0.3 is 10.8 Å². The molecule has 1 aromatic carbocycles. The van der Waals surface area contributed by atoms with Crippen LogP contribution in [-0.4, -0.2) is 36.1 Å². The van der Waals surface area contributed by atoms with Gasteiger partial charge in [-0.05, 0) is 38.2 Å². The monoisotopic (exact) mass is 208 g/mol. The Morgan fingerprint density at radius 1 is 1.40 bits per heavy atom. The first-order valence-electron chi connectivity index (χ1n) is 4.74. The van der Waals surface area contributed by atoms with Gasteiger partial charge in [0, 0.05) is 0 Å². The smallest absolute Gasteiger partial charge is 0.235 e. The molecule has 82 valence electrons. The first kappa shape index (κ1) is 11.5. The SMILES string of the molecule is CN(C)[C@@H](Cc1ccc(O)cc1)C(N)=O. The summed E-state index contributed by atoms with van der Waals surface area (Å²) in [5, 5.41) is 9.11. The number of phenolic OH excluding ortho intramolecular Hbond substituents is 1. The van der Waals surface area contributed by atoms with Gasteiger partial charge in [-0.1, -0.05) is 12.1 Å². The van der Waals surface area contributed by atoms with Gasteiger partial charge in [0.1, 0.15) is 5.75 Å². The summed E-state index contributed by atoms with van der Waals surface area (Å²) in [6.45, 7) is 0. The number of aromatic hydroxyl groups is 1. The molecule has 0 radical (unpaired) electrons. The number of primary amides is 1. The molecule has 1 atom stereocenters. The van der Waals surface area contributed by atoms with E-state index in [4.69, 9.17) is 10.8 Å². The van der Waals surface area contributed by atoms with Crippen molar-refractivity contribution in [1.29, 1.82) is 0 Å². The van der Waals surface area contributed by atoms with E-state index in [2.05, 4.69) is 0 Å². The molecule has 1 rings (SSSR count). The lowest BCUT2D eigenvalue weighted by Gasteiger charge is -2.20. The Morgan fingerprint density at radius 3 is 2.33 bits per heavy atom. The van der Waals surface area contributed by atoms with Crippen molar-refractivity contribution in [2.45, 2.75) is 12.5 Å². The fraction of sp³-hybridized carbons (Fsp3) is 0.364. The van der Waals surface area contributed by atoms with Crippen molar-refractivity contribution in [3.63, 3.8) is 0 Å². The Balaban J connectivity index is 2.74. The van der Waals surface area contributed by atoms with E-state index < -0.39 is 0 Å². The lowest BCUT2D eigenvalue weighted by Crippen LogP contribution is -2.41. The van der Waals surface area contributed by atoms with Gasteiger partial charge in [-0.15, -0.1) is 0 Å². The predicted molar refractivity (Wildman–Crippen MR) is 58.5 cm³/mol. The van der Waals surface area contributed by atoms with Gasteiger partial charge in [0.2, 0.25) is 5.91 Å². The number of amides is 1. The van der Waals surface area contributed by atoms with Crippen LogP contribution in [0.15, 0.2) is 24.3 Å². The number of rotatable bonds is 4. The van der Waals surface area contributed by atoms with Gasteiger partial charge in [-0.2, -0.15) is 0 Å². The zero-order valence-corrected chi connectivity index (χ0v) is 8.97. The molecule has 0 aliphatic rings. The molecule has 0 spiro atoms. The molecule has 0 fully saturated rings. The number of phenols is 1. The topological polar surface area (TPSA) is 66.6 Å².